The third kappa shape index (κ3) is 2.44. The molecule has 20 heavy (non-hydrogen) atoms. The molecule has 1 unspecified atom stereocenters. The number of fused-ring (bicyclic) bond motifs is 1. The molecule has 0 saturated heterocycles. The molecule has 1 N–H and O–H groups in total. The SMILES string of the molecule is CNC(Cc1cn2ccsc2n1)c1cc(C)nnc1C. The minimum absolute atomic E-state index is 0.203. The second-order valence-electron chi connectivity index (χ2n) is 4.90. The molecule has 3 aromatic rings. The van der Waals surface area contributed by atoms with Crippen molar-refractivity contribution in [3.05, 3.63) is 46.5 Å². The van der Waals surface area contributed by atoms with E-state index in [1.807, 2.05) is 32.5 Å². The molecule has 0 radical (unpaired) electrons. The summed E-state index contributed by atoms with van der Waals surface area (Å²) in [5.41, 5.74) is 4.19. The zero-order valence-electron chi connectivity index (χ0n) is 11.8. The van der Waals surface area contributed by atoms with Crippen LogP contribution in [0.15, 0.2) is 23.8 Å². The van der Waals surface area contributed by atoms with Crippen LogP contribution >= 0.6 is 11.3 Å². The van der Waals surface area contributed by atoms with E-state index in [4.69, 9.17) is 0 Å². The highest BCUT2D eigenvalue weighted by atomic mass is 32.1. The van der Waals surface area contributed by atoms with Gasteiger partial charge in [-0.1, -0.05) is 0 Å². The summed E-state index contributed by atoms with van der Waals surface area (Å²) in [5.74, 6) is 0. The van der Waals surface area contributed by atoms with E-state index < -0.39 is 0 Å². The average molecular weight is 287 g/mol. The molecule has 3 aromatic heterocycles. The first-order chi connectivity index (χ1) is 9.67. The van der Waals surface area contributed by atoms with E-state index in [0.29, 0.717) is 0 Å². The molecule has 0 fully saturated rings. The van der Waals surface area contributed by atoms with E-state index >= 15 is 0 Å². The molecular weight excluding hydrogens is 270 g/mol. The minimum Gasteiger partial charge on any atom is -0.313 e. The van der Waals surface area contributed by atoms with E-state index in [9.17, 15) is 0 Å². The molecule has 0 spiro atoms. The zero-order chi connectivity index (χ0) is 14.1. The summed E-state index contributed by atoms with van der Waals surface area (Å²) in [5, 5.41) is 13.7. The van der Waals surface area contributed by atoms with E-state index in [0.717, 1.165) is 28.5 Å². The smallest absolute Gasteiger partial charge is 0.193 e. The predicted octanol–water partition coefficient (Wildman–Crippen LogP) is 2.31. The van der Waals surface area contributed by atoms with Crippen molar-refractivity contribution in [2.75, 3.05) is 7.05 Å². The van der Waals surface area contributed by atoms with E-state index in [-0.39, 0.29) is 6.04 Å². The number of likely N-dealkylation sites (N-methyl/N-ethyl adjacent to an activating group) is 1. The fourth-order valence-electron chi connectivity index (χ4n) is 2.37. The van der Waals surface area contributed by atoms with Gasteiger partial charge in [-0.05, 0) is 32.5 Å². The van der Waals surface area contributed by atoms with Crippen molar-refractivity contribution in [1.82, 2.24) is 24.9 Å². The number of hydrogen-bond acceptors (Lipinski definition) is 5. The molecular formula is C14H17N5S. The third-order valence-electron chi connectivity index (χ3n) is 3.42. The third-order valence-corrected chi connectivity index (χ3v) is 4.19. The van der Waals surface area contributed by atoms with Gasteiger partial charge in [0.15, 0.2) is 4.96 Å². The van der Waals surface area contributed by atoms with Gasteiger partial charge in [0, 0.05) is 30.2 Å². The van der Waals surface area contributed by atoms with E-state index in [1.54, 1.807) is 11.3 Å². The molecule has 1 atom stereocenters. The van der Waals surface area contributed by atoms with Crippen molar-refractivity contribution in [3.8, 4) is 0 Å². The summed E-state index contributed by atoms with van der Waals surface area (Å²) in [6.45, 7) is 3.97. The molecule has 0 aliphatic carbocycles. The number of nitrogens with one attached hydrogen (secondary N) is 1. The largest absolute Gasteiger partial charge is 0.313 e. The number of rotatable bonds is 4. The van der Waals surface area contributed by atoms with E-state index in [1.165, 1.54) is 5.56 Å². The van der Waals surface area contributed by atoms with Crippen LogP contribution in [0.3, 0.4) is 0 Å². The molecule has 3 heterocycles. The first-order valence-electron chi connectivity index (χ1n) is 6.56. The molecule has 0 aliphatic heterocycles. The van der Waals surface area contributed by atoms with Crippen LogP contribution in [0.2, 0.25) is 0 Å². The van der Waals surface area contributed by atoms with Gasteiger partial charge in [-0.25, -0.2) is 4.98 Å². The van der Waals surface area contributed by atoms with Gasteiger partial charge in [0.25, 0.3) is 0 Å². The molecule has 0 aromatic carbocycles. The standard InChI is InChI=1S/C14H17N5S/c1-9-6-12(10(2)18-17-9)13(15-3)7-11-8-19-4-5-20-14(19)16-11/h4-6,8,13,15H,7H2,1-3H3. The maximum atomic E-state index is 4.64. The van der Waals surface area contributed by atoms with Crippen LogP contribution in [0, 0.1) is 13.8 Å². The number of aryl methyl sites for hydroxylation is 2. The topological polar surface area (TPSA) is 55.1 Å². The number of nitrogens with zero attached hydrogens (tertiary/aromatic N) is 4. The monoisotopic (exact) mass is 287 g/mol. The fraction of sp³-hybridized carbons (Fsp3) is 0.357. The van der Waals surface area contributed by atoms with E-state index in [2.05, 4.69) is 37.2 Å². The summed E-state index contributed by atoms with van der Waals surface area (Å²) in [6.07, 6.45) is 4.97. The Morgan fingerprint density at radius 2 is 2.20 bits per heavy atom. The van der Waals surface area contributed by atoms with Crippen molar-refractivity contribution in [1.29, 1.82) is 0 Å². The first kappa shape index (κ1) is 13.2. The Morgan fingerprint density at radius 1 is 1.35 bits per heavy atom. The number of aromatic nitrogens is 4. The minimum atomic E-state index is 0.203. The zero-order valence-corrected chi connectivity index (χ0v) is 12.6. The summed E-state index contributed by atoms with van der Waals surface area (Å²) in [7, 11) is 1.97. The second kappa shape index (κ2) is 5.30. The second-order valence-corrected chi connectivity index (χ2v) is 5.77. The molecule has 0 amide bonds. The Morgan fingerprint density at radius 3 is 2.95 bits per heavy atom. The van der Waals surface area contributed by atoms with Gasteiger partial charge >= 0.3 is 0 Å². The number of imidazole rings is 1. The molecule has 0 aliphatic rings. The lowest BCUT2D eigenvalue weighted by Gasteiger charge is -2.17. The maximum Gasteiger partial charge on any atom is 0.193 e. The highest BCUT2D eigenvalue weighted by molar-refractivity contribution is 7.15. The lowest BCUT2D eigenvalue weighted by Crippen LogP contribution is -2.21. The van der Waals surface area contributed by atoms with Crippen molar-refractivity contribution in [2.45, 2.75) is 26.3 Å². The van der Waals surface area contributed by atoms with Gasteiger partial charge in [0.2, 0.25) is 0 Å². The number of thiazole rings is 1. The molecule has 6 heteroatoms. The summed E-state index contributed by atoms with van der Waals surface area (Å²) in [4.78, 5) is 5.68. The van der Waals surface area contributed by atoms with Crippen LogP contribution in [-0.4, -0.2) is 26.6 Å². The van der Waals surface area contributed by atoms with Crippen molar-refractivity contribution >= 4 is 16.3 Å². The Kier molecular flexibility index (Phi) is 3.50. The Hall–Kier alpha value is -1.79. The van der Waals surface area contributed by atoms with Gasteiger partial charge in [-0.3, -0.25) is 4.40 Å². The lowest BCUT2D eigenvalue weighted by molar-refractivity contribution is 0.576. The van der Waals surface area contributed by atoms with Gasteiger partial charge in [0.05, 0.1) is 17.1 Å². The summed E-state index contributed by atoms with van der Waals surface area (Å²) >= 11 is 1.65. The normalized spacial score (nSPS) is 12.9. The first-order valence-corrected chi connectivity index (χ1v) is 7.44. The Labute approximate surface area is 121 Å². The molecule has 3 rings (SSSR count). The van der Waals surface area contributed by atoms with Gasteiger partial charge < -0.3 is 5.32 Å². The summed E-state index contributed by atoms with van der Waals surface area (Å²) < 4.78 is 2.07. The average Bonchev–Trinajstić information content (AvgIpc) is 3.00. The Bertz CT molecular complexity index is 702. The maximum absolute atomic E-state index is 4.64. The predicted molar refractivity (Wildman–Crippen MR) is 80.1 cm³/mol. The quantitative estimate of drug-likeness (QED) is 0.800. The van der Waals surface area contributed by atoms with Crippen LogP contribution in [0.1, 0.15) is 28.7 Å². The highest BCUT2D eigenvalue weighted by Gasteiger charge is 2.16. The van der Waals surface area contributed by atoms with Gasteiger partial charge in [-0.15, -0.1) is 11.3 Å². The van der Waals surface area contributed by atoms with Crippen LogP contribution in [0.25, 0.3) is 4.96 Å². The van der Waals surface area contributed by atoms with Crippen molar-refractivity contribution in [2.24, 2.45) is 0 Å². The number of hydrogen-bond donors (Lipinski definition) is 1. The molecule has 0 saturated carbocycles. The van der Waals surface area contributed by atoms with Gasteiger partial charge in [-0.2, -0.15) is 10.2 Å². The van der Waals surface area contributed by atoms with Crippen molar-refractivity contribution in [3.63, 3.8) is 0 Å². The Balaban J connectivity index is 1.89. The lowest BCUT2D eigenvalue weighted by atomic mass is 10.0. The fourth-order valence-corrected chi connectivity index (χ4v) is 3.09. The molecule has 5 nitrogen and oxygen atoms in total. The van der Waals surface area contributed by atoms with Crippen molar-refractivity contribution < 1.29 is 0 Å². The van der Waals surface area contributed by atoms with Gasteiger partial charge in [0.1, 0.15) is 0 Å². The highest BCUT2D eigenvalue weighted by Crippen LogP contribution is 2.21. The molecule has 104 valence electrons. The van der Waals surface area contributed by atoms with Crippen LogP contribution in [-0.2, 0) is 6.42 Å². The summed E-state index contributed by atoms with van der Waals surface area (Å²) in [6, 6.07) is 2.30. The molecule has 0 bridgehead atoms. The van der Waals surface area contributed by atoms with Crippen LogP contribution in [0.5, 0.6) is 0 Å². The van der Waals surface area contributed by atoms with Crippen LogP contribution in [0.4, 0.5) is 0 Å². The van der Waals surface area contributed by atoms with Crippen LogP contribution < -0.4 is 5.32 Å².